The summed E-state index contributed by atoms with van der Waals surface area (Å²) < 4.78 is 10.9. The zero-order chi connectivity index (χ0) is 38.8. The van der Waals surface area contributed by atoms with Crippen LogP contribution in [-0.4, -0.2) is 108 Å². The molecule has 0 aromatic heterocycles. The molecule has 2 unspecified atom stereocenters. The minimum atomic E-state index is -0.776. The van der Waals surface area contributed by atoms with Gasteiger partial charge in [-0.05, 0) is 12.8 Å². The highest BCUT2D eigenvalue weighted by Gasteiger charge is 2.29. The van der Waals surface area contributed by atoms with Crippen LogP contribution in [0.25, 0.3) is 0 Å². The van der Waals surface area contributed by atoms with Crippen LogP contribution < -0.4 is 5.32 Å². The van der Waals surface area contributed by atoms with E-state index in [1.165, 1.54) is 108 Å². The Morgan fingerprint density at radius 3 is 1.34 bits per heavy atom. The van der Waals surface area contributed by atoms with Gasteiger partial charge in [-0.3, -0.25) is 24.1 Å². The molecular weight excluding hydrogens is 674 g/mol. The molecule has 0 radical (unpaired) electrons. The van der Waals surface area contributed by atoms with Gasteiger partial charge < -0.3 is 29.9 Å². The van der Waals surface area contributed by atoms with Gasteiger partial charge in [0.05, 0.1) is 25.3 Å². The second kappa shape index (κ2) is 34.3. The van der Waals surface area contributed by atoms with Gasteiger partial charge in [-0.1, -0.05) is 142 Å². The van der Waals surface area contributed by atoms with Crippen molar-refractivity contribution in [3.8, 4) is 0 Å². The van der Waals surface area contributed by atoms with Gasteiger partial charge in [-0.2, -0.15) is 0 Å². The van der Waals surface area contributed by atoms with Gasteiger partial charge >= 0.3 is 11.9 Å². The molecule has 2 amide bonds. The fraction of sp³-hybridized carbons (Fsp3) is 0.905. The summed E-state index contributed by atoms with van der Waals surface area (Å²) >= 11 is 0. The second-order valence-electron chi connectivity index (χ2n) is 15.1. The van der Waals surface area contributed by atoms with Crippen LogP contribution >= 0.6 is 0 Å². The van der Waals surface area contributed by atoms with Crippen LogP contribution in [0, 0.1) is 0 Å². The monoisotopic (exact) mass is 754 g/mol. The van der Waals surface area contributed by atoms with Crippen LogP contribution in [0.4, 0.5) is 0 Å². The predicted molar refractivity (Wildman–Crippen MR) is 211 cm³/mol. The first kappa shape index (κ1) is 48.8. The normalized spacial score (nSPS) is 15.8. The quantitative estimate of drug-likeness (QED) is 0.0446. The number of β-amino-alcohol motifs (C(OH)–C–C–N with tert-alkyl or cyclic N) is 2. The van der Waals surface area contributed by atoms with Crippen molar-refractivity contribution in [2.75, 3.05) is 52.5 Å². The van der Waals surface area contributed by atoms with Crippen molar-refractivity contribution in [2.24, 2.45) is 0 Å². The lowest BCUT2D eigenvalue weighted by molar-refractivity contribution is -0.147. The molecule has 310 valence electrons. The number of hydrogen-bond donors (Lipinski definition) is 3. The molecular formula is C42H79N3O8. The van der Waals surface area contributed by atoms with E-state index in [1.54, 1.807) is 0 Å². The van der Waals surface area contributed by atoms with Crippen molar-refractivity contribution in [1.82, 2.24) is 15.1 Å². The SMILES string of the molecule is CCCCCCCCCCCCCC(=O)OCCN(CCOC(=O)CCCCCCCCCCCCC)C(=O)CCC(=O)NCCN1CC(O)C(O)C1. The fourth-order valence-electron chi connectivity index (χ4n) is 6.76. The maximum atomic E-state index is 13.1. The molecule has 1 rings (SSSR count). The molecule has 0 aliphatic carbocycles. The Kier molecular flexibility index (Phi) is 31.5. The topological polar surface area (TPSA) is 146 Å². The number of aliphatic hydroxyl groups is 2. The Labute approximate surface area is 322 Å². The molecule has 1 heterocycles. The third-order valence-electron chi connectivity index (χ3n) is 10.2. The summed E-state index contributed by atoms with van der Waals surface area (Å²) in [5.41, 5.74) is 0. The third kappa shape index (κ3) is 28.8. The summed E-state index contributed by atoms with van der Waals surface area (Å²) in [6, 6.07) is 0. The zero-order valence-corrected chi connectivity index (χ0v) is 33.9. The van der Waals surface area contributed by atoms with E-state index in [0.717, 1.165) is 38.5 Å². The van der Waals surface area contributed by atoms with Crippen molar-refractivity contribution >= 4 is 23.8 Å². The average Bonchev–Trinajstić information content (AvgIpc) is 3.46. The van der Waals surface area contributed by atoms with E-state index >= 15 is 0 Å². The maximum absolute atomic E-state index is 13.1. The van der Waals surface area contributed by atoms with E-state index in [-0.39, 0.29) is 62.9 Å². The Morgan fingerprint density at radius 1 is 0.566 bits per heavy atom. The minimum absolute atomic E-state index is 0.00211. The lowest BCUT2D eigenvalue weighted by atomic mass is 10.1. The maximum Gasteiger partial charge on any atom is 0.305 e. The molecule has 1 fully saturated rings. The highest BCUT2D eigenvalue weighted by atomic mass is 16.5. The number of carbonyl (C=O) groups is 4. The summed E-state index contributed by atoms with van der Waals surface area (Å²) in [7, 11) is 0. The Morgan fingerprint density at radius 2 is 0.943 bits per heavy atom. The highest BCUT2D eigenvalue weighted by molar-refractivity contribution is 5.83. The Bertz CT molecular complexity index is 882. The van der Waals surface area contributed by atoms with Crippen molar-refractivity contribution in [3.63, 3.8) is 0 Å². The molecule has 53 heavy (non-hydrogen) atoms. The molecule has 0 spiro atoms. The van der Waals surface area contributed by atoms with Gasteiger partial charge in [0.15, 0.2) is 0 Å². The molecule has 11 nitrogen and oxygen atoms in total. The first-order chi connectivity index (χ1) is 25.8. The Balaban J connectivity index is 2.34. The molecule has 2 atom stereocenters. The van der Waals surface area contributed by atoms with Gasteiger partial charge in [0.1, 0.15) is 13.2 Å². The van der Waals surface area contributed by atoms with E-state index < -0.39 is 12.2 Å². The lowest BCUT2D eigenvalue weighted by Crippen LogP contribution is -2.38. The smallest absolute Gasteiger partial charge is 0.305 e. The average molecular weight is 754 g/mol. The number of likely N-dealkylation sites (tertiary alicyclic amines) is 1. The van der Waals surface area contributed by atoms with E-state index in [4.69, 9.17) is 9.47 Å². The molecule has 1 aliphatic rings. The van der Waals surface area contributed by atoms with Crippen molar-refractivity contribution < 1.29 is 38.9 Å². The number of esters is 2. The van der Waals surface area contributed by atoms with E-state index in [9.17, 15) is 29.4 Å². The first-order valence-corrected chi connectivity index (χ1v) is 21.7. The van der Waals surface area contributed by atoms with Gasteiger partial charge in [-0.25, -0.2) is 0 Å². The third-order valence-corrected chi connectivity index (χ3v) is 10.2. The van der Waals surface area contributed by atoms with Crippen LogP contribution in [0.15, 0.2) is 0 Å². The van der Waals surface area contributed by atoms with Gasteiger partial charge in [-0.15, -0.1) is 0 Å². The summed E-state index contributed by atoms with van der Waals surface area (Å²) in [5.74, 6) is -1.09. The van der Waals surface area contributed by atoms with E-state index in [2.05, 4.69) is 19.2 Å². The lowest BCUT2D eigenvalue weighted by Gasteiger charge is -2.22. The number of ether oxygens (including phenoxy) is 2. The minimum Gasteiger partial charge on any atom is -0.464 e. The molecule has 1 saturated heterocycles. The summed E-state index contributed by atoms with van der Waals surface area (Å²) in [4.78, 5) is 53.7. The number of carbonyl (C=O) groups excluding carboxylic acids is 4. The van der Waals surface area contributed by atoms with Crippen LogP contribution in [0.5, 0.6) is 0 Å². The second-order valence-corrected chi connectivity index (χ2v) is 15.1. The van der Waals surface area contributed by atoms with Crippen LogP contribution in [0.2, 0.25) is 0 Å². The molecule has 0 aromatic carbocycles. The molecule has 0 aromatic rings. The molecule has 0 saturated carbocycles. The first-order valence-electron chi connectivity index (χ1n) is 21.7. The Hall–Kier alpha value is -2.24. The van der Waals surface area contributed by atoms with Crippen LogP contribution in [0.3, 0.4) is 0 Å². The molecule has 1 aliphatic heterocycles. The van der Waals surface area contributed by atoms with Gasteiger partial charge in [0, 0.05) is 51.9 Å². The van der Waals surface area contributed by atoms with Gasteiger partial charge in [0.25, 0.3) is 0 Å². The summed E-state index contributed by atoms with van der Waals surface area (Å²) in [6.07, 6.45) is 25.7. The van der Waals surface area contributed by atoms with Crippen molar-refractivity contribution in [2.45, 2.75) is 193 Å². The number of rotatable bonds is 36. The number of hydrogen-bond acceptors (Lipinski definition) is 9. The fourth-order valence-corrected chi connectivity index (χ4v) is 6.76. The van der Waals surface area contributed by atoms with Crippen LogP contribution in [-0.2, 0) is 28.7 Å². The number of unbranched alkanes of at least 4 members (excludes halogenated alkanes) is 20. The molecule has 3 N–H and O–H groups in total. The molecule has 11 heteroatoms. The van der Waals surface area contributed by atoms with Crippen molar-refractivity contribution in [3.05, 3.63) is 0 Å². The van der Waals surface area contributed by atoms with E-state index in [0.29, 0.717) is 39.0 Å². The summed E-state index contributed by atoms with van der Waals surface area (Å²) in [6.45, 7) is 6.47. The van der Waals surface area contributed by atoms with Crippen molar-refractivity contribution in [1.29, 1.82) is 0 Å². The van der Waals surface area contributed by atoms with E-state index in [1.807, 2.05) is 4.90 Å². The zero-order valence-electron chi connectivity index (χ0n) is 33.9. The van der Waals surface area contributed by atoms with Crippen LogP contribution in [0.1, 0.15) is 181 Å². The standard InChI is InChI=1S/C42H79N3O8/c1-3-5-7-9-11-13-15-17-19-21-23-25-41(50)52-33-31-45(40(49)28-27-39(48)43-29-30-44-35-37(46)38(47)36-44)32-34-53-42(51)26-24-22-20-18-16-14-12-10-8-6-4-2/h37-38,46-47H,3-36H2,1-2H3,(H,43,48). The number of nitrogens with zero attached hydrogens (tertiary/aromatic N) is 2. The highest BCUT2D eigenvalue weighted by Crippen LogP contribution is 2.14. The predicted octanol–water partition coefficient (Wildman–Crippen LogP) is 7.24. The molecule has 0 bridgehead atoms. The number of amides is 2. The number of aliphatic hydroxyl groups excluding tert-OH is 2. The summed E-state index contributed by atoms with van der Waals surface area (Å²) in [5, 5.41) is 22.2. The largest absolute Gasteiger partial charge is 0.464 e. The van der Waals surface area contributed by atoms with Gasteiger partial charge in [0.2, 0.25) is 11.8 Å². The number of nitrogens with one attached hydrogen (secondary N) is 1.